The third kappa shape index (κ3) is 3.25. The van der Waals surface area contributed by atoms with E-state index in [2.05, 4.69) is 5.32 Å². The molecule has 0 saturated heterocycles. The third-order valence-corrected chi connectivity index (χ3v) is 3.38. The molecule has 1 unspecified atom stereocenters. The first kappa shape index (κ1) is 14.3. The molecule has 2 nitrogen and oxygen atoms in total. The first-order valence-electron chi connectivity index (χ1n) is 6.31. The summed E-state index contributed by atoms with van der Waals surface area (Å²) in [4.78, 5) is 0. The highest BCUT2D eigenvalue weighted by Gasteiger charge is 2.22. The minimum atomic E-state index is -0.613. The summed E-state index contributed by atoms with van der Waals surface area (Å²) in [6.45, 7) is 3.23. The summed E-state index contributed by atoms with van der Waals surface area (Å²) in [5.74, 6) is -1.12. The molecule has 104 valence electrons. The van der Waals surface area contributed by atoms with Crippen molar-refractivity contribution in [3.63, 3.8) is 0 Å². The molecule has 1 aromatic carbocycles. The van der Waals surface area contributed by atoms with Crippen molar-refractivity contribution in [1.29, 1.82) is 0 Å². The van der Waals surface area contributed by atoms with Gasteiger partial charge in [0.2, 0.25) is 0 Å². The van der Waals surface area contributed by atoms with Crippen LogP contribution in [0.4, 0.5) is 8.78 Å². The highest BCUT2D eigenvalue weighted by Crippen LogP contribution is 2.31. The molecule has 0 amide bonds. The number of ether oxygens (including phenoxy) is 1. The lowest BCUT2D eigenvalue weighted by molar-refractivity contribution is 0.219. The molecule has 0 aromatic heterocycles. The second-order valence-electron chi connectivity index (χ2n) is 4.45. The normalized spacial score (nSPS) is 16.7. The summed E-state index contributed by atoms with van der Waals surface area (Å²) in [5, 5.41) is 2.95. The van der Waals surface area contributed by atoms with Crippen molar-refractivity contribution < 1.29 is 13.5 Å². The Hall–Kier alpha value is -1.13. The van der Waals surface area contributed by atoms with Crippen molar-refractivity contribution in [2.24, 2.45) is 0 Å². The lowest BCUT2D eigenvalue weighted by Crippen LogP contribution is -2.25. The molecule has 0 aliphatic carbocycles. The van der Waals surface area contributed by atoms with E-state index in [4.69, 9.17) is 16.3 Å². The topological polar surface area (TPSA) is 21.3 Å². The molecule has 1 heterocycles. The smallest absolute Gasteiger partial charge is 0.142 e. The van der Waals surface area contributed by atoms with Gasteiger partial charge in [0.25, 0.3) is 0 Å². The maximum Gasteiger partial charge on any atom is 0.142 e. The first-order chi connectivity index (χ1) is 9.13. The van der Waals surface area contributed by atoms with E-state index in [0.717, 1.165) is 30.5 Å². The maximum atomic E-state index is 14.0. The predicted octanol–water partition coefficient (Wildman–Crippen LogP) is 3.96. The highest BCUT2D eigenvalue weighted by atomic mass is 35.5. The number of hydrogen-bond donors (Lipinski definition) is 1. The Bertz CT molecular complexity index is 491. The van der Waals surface area contributed by atoms with Crippen LogP contribution in [0.15, 0.2) is 24.0 Å². The van der Waals surface area contributed by atoms with Crippen LogP contribution in [0.2, 0.25) is 5.02 Å². The first-order valence-corrected chi connectivity index (χ1v) is 6.69. The Labute approximate surface area is 116 Å². The zero-order chi connectivity index (χ0) is 13.8. The minimum absolute atomic E-state index is 0.203. The van der Waals surface area contributed by atoms with Crippen molar-refractivity contribution in [1.82, 2.24) is 5.32 Å². The summed E-state index contributed by atoms with van der Waals surface area (Å²) in [6, 6.07) is 1.79. The van der Waals surface area contributed by atoms with Gasteiger partial charge >= 0.3 is 0 Å². The molecular weight excluding hydrogens is 272 g/mol. The Morgan fingerprint density at radius 1 is 1.37 bits per heavy atom. The number of rotatable bonds is 4. The van der Waals surface area contributed by atoms with Gasteiger partial charge < -0.3 is 10.1 Å². The monoisotopic (exact) mass is 287 g/mol. The van der Waals surface area contributed by atoms with E-state index in [1.54, 1.807) is 6.26 Å². The average Bonchev–Trinajstić information content (AvgIpc) is 2.42. The van der Waals surface area contributed by atoms with Gasteiger partial charge in [0.15, 0.2) is 0 Å². The Balaban J connectivity index is 2.38. The molecule has 0 radical (unpaired) electrons. The van der Waals surface area contributed by atoms with Crippen molar-refractivity contribution in [2.45, 2.75) is 25.8 Å². The molecule has 0 bridgehead atoms. The average molecular weight is 288 g/mol. The summed E-state index contributed by atoms with van der Waals surface area (Å²) in [5.41, 5.74) is 1.19. The second kappa shape index (κ2) is 6.35. The Morgan fingerprint density at radius 3 is 2.79 bits per heavy atom. The maximum absolute atomic E-state index is 14.0. The van der Waals surface area contributed by atoms with Crippen LogP contribution in [0, 0.1) is 11.6 Å². The molecule has 1 aliphatic heterocycles. The summed E-state index contributed by atoms with van der Waals surface area (Å²) < 4.78 is 32.8. The fourth-order valence-electron chi connectivity index (χ4n) is 2.20. The van der Waals surface area contributed by atoms with Crippen LogP contribution in [-0.2, 0) is 4.74 Å². The van der Waals surface area contributed by atoms with Crippen LogP contribution >= 0.6 is 11.6 Å². The lowest BCUT2D eigenvalue weighted by Gasteiger charge is -2.25. The van der Waals surface area contributed by atoms with Gasteiger partial charge in [-0.2, -0.15) is 0 Å². The van der Waals surface area contributed by atoms with Crippen LogP contribution in [0.1, 0.15) is 31.4 Å². The van der Waals surface area contributed by atoms with Crippen LogP contribution < -0.4 is 5.32 Å². The van der Waals surface area contributed by atoms with Gasteiger partial charge in [-0.25, -0.2) is 8.78 Å². The third-order valence-electron chi connectivity index (χ3n) is 3.09. The molecule has 0 fully saturated rings. The fraction of sp³-hybridized carbons (Fsp3) is 0.429. The van der Waals surface area contributed by atoms with Gasteiger partial charge in [0.1, 0.15) is 11.6 Å². The van der Waals surface area contributed by atoms with Crippen molar-refractivity contribution >= 4 is 11.6 Å². The highest BCUT2D eigenvalue weighted by molar-refractivity contribution is 6.30. The number of hydrogen-bond acceptors (Lipinski definition) is 2. The zero-order valence-corrected chi connectivity index (χ0v) is 11.4. The molecule has 1 aliphatic rings. The Kier molecular flexibility index (Phi) is 4.77. The van der Waals surface area contributed by atoms with Gasteiger partial charge in [0, 0.05) is 5.56 Å². The molecule has 2 rings (SSSR count). The molecule has 1 aromatic rings. The fourth-order valence-corrected chi connectivity index (χ4v) is 2.35. The zero-order valence-electron chi connectivity index (χ0n) is 10.7. The number of nitrogens with one attached hydrogen (secondary N) is 1. The van der Waals surface area contributed by atoms with Gasteiger partial charge in [0.05, 0.1) is 23.9 Å². The lowest BCUT2D eigenvalue weighted by atomic mass is 9.94. The van der Waals surface area contributed by atoms with Crippen LogP contribution in [-0.4, -0.2) is 13.2 Å². The molecular formula is C14H16ClF2NO. The summed E-state index contributed by atoms with van der Waals surface area (Å²) in [7, 11) is 0. The van der Waals surface area contributed by atoms with Crippen LogP contribution in [0.5, 0.6) is 0 Å². The van der Waals surface area contributed by atoms with E-state index in [1.165, 1.54) is 0 Å². The molecule has 0 saturated carbocycles. The van der Waals surface area contributed by atoms with Crippen molar-refractivity contribution in [2.75, 3.05) is 13.2 Å². The van der Waals surface area contributed by atoms with E-state index in [1.807, 2.05) is 6.92 Å². The Morgan fingerprint density at radius 2 is 2.16 bits per heavy atom. The summed E-state index contributed by atoms with van der Waals surface area (Å²) >= 11 is 5.58. The van der Waals surface area contributed by atoms with E-state index in [-0.39, 0.29) is 16.6 Å². The molecule has 19 heavy (non-hydrogen) atoms. The van der Waals surface area contributed by atoms with Crippen LogP contribution in [0.3, 0.4) is 0 Å². The number of halogens is 3. The van der Waals surface area contributed by atoms with Crippen molar-refractivity contribution in [3.05, 3.63) is 46.2 Å². The van der Waals surface area contributed by atoms with Crippen LogP contribution in [0.25, 0.3) is 0 Å². The summed E-state index contributed by atoms with van der Waals surface area (Å²) in [6.07, 6.45) is 3.33. The van der Waals surface area contributed by atoms with E-state index in [0.29, 0.717) is 13.2 Å². The van der Waals surface area contributed by atoms with E-state index in [9.17, 15) is 8.78 Å². The van der Waals surface area contributed by atoms with Crippen molar-refractivity contribution in [3.8, 4) is 0 Å². The predicted molar refractivity (Wildman–Crippen MR) is 71.1 cm³/mol. The largest absolute Gasteiger partial charge is 0.501 e. The SMILES string of the molecule is CCNC(C1=COCCC1)c1cc(F)c(Cl)cc1F. The molecule has 0 spiro atoms. The number of likely N-dealkylation sites (N-methyl/N-ethyl adjacent to an activating group) is 1. The van der Waals surface area contributed by atoms with Gasteiger partial charge in [-0.15, -0.1) is 0 Å². The minimum Gasteiger partial charge on any atom is -0.501 e. The molecule has 1 N–H and O–H groups in total. The number of benzene rings is 1. The van der Waals surface area contributed by atoms with Gasteiger partial charge in [-0.05, 0) is 37.1 Å². The van der Waals surface area contributed by atoms with Gasteiger partial charge in [-0.1, -0.05) is 18.5 Å². The van der Waals surface area contributed by atoms with E-state index < -0.39 is 11.6 Å². The van der Waals surface area contributed by atoms with E-state index >= 15 is 0 Å². The standard InChI is InChI=1S/C14H16ClF2NO/c1-2-18-14(9-4-3-5-19-8-9)10-6-13(17)11(15)7-12(10)16/h6-8,14,18H,2-5H2,1H3. The quantitative estimate of drug-likeness (QED) is 0.846. The molecule has 1 atom stereocenters. The molecule has 5 heteroatoms. The van der Waals surface area contributed by atoms with Gasteiger partial charge in [-0.3, -0.25) is 0 Å². The second-order valence-corrected chi connectivity index (χ2v) is 4.85.